The molecule has 0 radical (unpaired) electrons. The summed E-state index contributed by atoms with van der Waals surface area (Å²) in [7, 11) is 0. The van der Waals surface area contributed by atoms with Crippen LogP contribution in [0.15, 0.2) is 5.16 Å². The first kappa shape index (κ1) is 19.4. The van der Waals surface area contributed by atoms with Crippen LogP contribution in [0.2, 0.25) is 0 Å². The van der Waals surface area contributed by atoms with Crippen molar-refractivity contribution < 1.29 is 4.79 Å². The van der Waals surface area contributed by atoms with E-state index in [1.807, 2.05) is 4.68 Å². The summed E-state index contributed by atoms with van der Waals surface area (Å²) in [5, 5.41) is 26.0. The van der Waals surface area contributed by atoms with E-state index in [2.05, 4.69) is 26.9 Å². The highest BCUT2D eigenvalue weighted by atomic mass is 32.2. The number of anilines is 1. The van der Waals surface area contributed by atoms with Crippen molar-refractivity contribution in [3.63, 3.8) is 0 Å². The zero-order chi connectivity index (χ0) is 19.3. The Kier molecular flexibility index (Phi) is 6.27. The molecule has 2 heterocycles. The van der Waals surface area contributed by atoms with Crippen molar-refractivity contribution in [3.8, 4) is 6.07 Å². The van der Waals surface area contributed by atoms with Crippen LogP contribution in [0, 0.1) is 11.3 Å². The van der Waals surface area contributed by atoms with Gasteiger partial charge in [0.2, 0.25) is 11.1 Å². The van der Waals surface area contributed by atoms with Crippen molar-refractivity contribution in [1.29, 1.82) is 5.26 Å². The molecule has 1 saturated carbocycles. The summed E-state index contributed by atoms with van der Waals surface area (Å²) in [5.74, 6) is 0.122. The molecule has 0 atom stereocenters. The Morgan fingerprint density at radius 3 is 2.82 bits per heavy atom. The van der Waals surface area contributed by atoms with E-state index < -0.39 is 0 Å². The van der Waals surface area contributed by atoms with Gasteiger partial charge in [0.1, 0.15) is 11.1 Å². The maximum atomic E-state index is 12.5. The smallest absolute Gasteiger partial charge is 0.235 e. The highest BCUT2D eigenvalue weighted by Crippen LogP contribution is 2.37. The summed E-state index contributed by atoms with van der Waals surface area (Å²) in [6.07, 6.45) is 11.3. The standard InChI is InChI=1S/C19H24N6OS2/c20-11-15-14-9-5-2-6-10-16(14)28-18(15)21-17(26)12-27-19-22-23-24-25(19)13-7-3-1-4-8-13/h13H,1-10,12H2,(H,21,26). The van der Waals surface area contributed by atoms with E-state index >= 15 is 0 Å². The van der Waals surface area contributed by atoms with E-state index in [9.17, 15) is 10.1 Å². The zero-order valence-corrected chi connectivity index (χ0v) is 17.4. The number of aromatic nitrogens is 4. The quantitative estimate of drug-likeness (QED) is 0.582. The minimum absolute atomic E-state index is 0.115. The van der Waals surface area contributed by atoms with E-state index in [0.717, 1.165) is 44.1 Å². The lowest BCUT2D eigenvalue weighted by Gasteiger charge is -2.21. The molecule has 9 heteroatoms. The summed E-state index contributed by atoms with van der Waals surface area (Å²) in [5.41, 5.74) is 1.81. The van der Waals surface area contributed by atoms with E-state index in [-0.39, 0.29) is 11.7 Å². The maximum Gasteiger partial charge on any atom is 0.235 e. The number of tetrazole rings is 1. The van der Waals surface area contributed by atoms with Crippen molar-refractivity contribution in [3.05, 3.63) is 16.0 Å². The summed E-state index contributed by atoms with van der Waals surface area (Å²) in [6, 6.07) is 2.65. The van der Waals surface area contributed by atoms with Crippen LogP contribution in [0.5, 0.6) is 0 Å². The number of carbonyl (C=O) groups excluding carboxylic acids is 1. The number of aryl methyl sites for hydroxylation is 1. The molecule has 1 amide bonds. The first-order valence-electron chi connectivity index (χ1n) is 10.0. The molecule has 0 saturated heterocycles. The Bertz CT molecular complexity index is 878. The molecule has 4 rings (SSSR count). The third-order valence-corrected chi connectivity index (χ3v) is 7.64. The fourth-order valence-corrected chi connectivity index (χ4v) is 6.08. The topological polar surface area (TPSA) is 96.5 Å². The number of rotatable bonds is 5. The molecule has 2 aliphatic rings. The highest BCUT2D eigenvalue weighted by molar-refractivity contribution is 7.99. The predicted molar refractivity (Wildman–Crippen MR) is 110 cm³/mol. The number of amides is 1. The van der Waals surface area contributed by atoms with Crippen LogP contribution in [0.3, 0.4) is 0 Å². The van der Waals surface area contributed by atoms with Crippen LogP contribution < -0.4 is 5.32 Å². The molecule has 0 aromatic carbocycles. The maximum absolute atomic E-state index is 12.5. The third-order valence-electron chi connectivity index (χ3n) is 5.50. The van der Waals surface area contributed by atoms with Crippen molar-refractivity contribution in [2.24, 2.45) is 0 Å². The molecule has 1 fully saturated rings. The van der Waals surface area contributed by atoms with Gasteiger partial charge in [0.25, 0.3) is 0 Å². The molecule has 28 heavy (non-hydrogen) atoms. The van der Waals surface area contributed by atoms with Crippen LogP contribution in [-0.2, 0) is 17.6 Å². The summed E-state index contributed by atoms with van der Waals surface area (Å²) in [4.78, 5) is 13.8. The van der Waals surface area contributed by atoms with Gasteiger partial charge >= 0.3 is 0 Å². The number of carbonyl (C=O) groups is 1. The van der Waals surface area contributed by atoms with Crippen LogP contribution in [0.25, 0.3) is 0 Å². The third kappa shape index (κ3) is 4.23. The average Bonchev–Trinajstić information content (AvgIpc) is 3.24. The average molecular weight is 417 g/mol. The highest BCUT2D eigenvalue weighted by Gasteiger charge is 2.23. The number of hydrogen-bond acceptors (Lipinski definition) is 7. The summed E-state index contributed by atoms with van der Waals surface area (Å²) in [6.45, 7) is 0. The predicted octanol–water partition coefficient (Wildman–Crippen LogP) is 4.11. The molecule has 2 aromatic rings. The fraction of sp³-hybridized carbons (Fsp3) is 0.632. The van der Waals surface area contributed by atoms with Gasteiger partial charge in [0, 0.05) is 4.88 Å². The lowest BCUT2D eigenvalue weighted by Crippen LogP contribution is -2.17. The monoisotopic (exact) mass is 416 g/mol. The van der Waals surface area contributed by atoms with E-state index in [1.165, 1.54) is 42.3 Å². The summed E-state index contributed by atoms with van der Waals surface area (Å²) < 4.78 is 1.88. The van der Waals surface area contributed by atoms with Gasteiger partial charge < -0.3 is 5.32 Å². The number of nitriles is 1. The first-order valence-corrected chi connectivity index (χ1v) is 11.8. The number of nitrogens with one attached hydrogen (secondary N) is 1. The van der Waals surface area contributed by atoms with E-state index in [4.69, 9.17) is 0 Å². The van der Waals surface area contributed by atoms with E-state index in [0.29, 0.717) is 21.8 Å². The summed E-state index contributed by atoms with van der Waals surface area (Å²) >= 11 is 2.93. The Morgan fingerprint density at radius 1 is 1.21 bits per heavy atom. The largest absolute Gasteiger partial charge is 0.316 e. The van der Waals surface area contributed by atoms with Gasteiger partial charge in [-0.2, -0.15) is 5.26 Å². The van der Waals surface area contributed by atoms with Crippen molar-refractivity contribution in [2.45, 2.75) is 75.4 Å². The number of thioether (sulfide) groups is 1. The van der Waals surface area contributed by atoms with E-state index in [1.54, 1.807) is 11.3 Å². The number of thiophene rings is 1. The van der Waals surface area contributed by atoms with Crippen LogP contribution in [-0.4, -0.2) is 31.9 Å². The zero-order valence-electron chi connectivity index (χ0n) is 15.8. The van der Waals surface area contributed by atoms with Crippen LogP contribution in [0.1, 0.15) is 73.4 Å². The van der Waals surface area contributed by atoms with Gasteiger partial charge in [0.05, 0.1) is 17.4 Å². The van der Waals surface area contributed by atoms with Gasteiger partial charge in [-0.15, -0.1) is 16.4 Å². The van der Waals surface area contributed by atoms with Crippen LogP contribution >= 0.6 is 23.1 Å². The number of nitrogens with zero attached hydrogens (tertiary/aromatic N) is 5. The molecular weight excluding hydrogens is 392 g/mol. The Balaban J connectivity index is 1.40. The lowest BCUT2D eigenvalue weighted by atomic mass is 9.96. The Hall–Kier alpha value is -1.92. The van der Waals surface area contributed by atoms with Crippen molar-refractivity contribution in [2.75, 3.05) is 11.1 Å². The second kappa shape index (κ2) is 9.05. The molecule has 0 aliphatic heterocycles. The molecule has 0 spiro atoms. The number of fused-ring (bicyclic) bond motifs is 1. The lowest BCUT2D eigenvalue weighted by molar-refractivity contribution is -0.113. The van der Waals surface area contributed by atoms with Gasteiger partial charge in [-0.1, -0.05) is 37.4 Å². The fourth-order valence-electron chi connectivity index (χ4n) is 4.08. The first-order chi connectivity index (χ1) is 13.8. The Labute approximate surface area is 172 Å². The Morgan fingerprint density at radius 2 is 2.00 bits per heavy atom. The van der Waals surface area contributed by atoms with Crippen molar-refractivity contribution >= 4 is 34.0 Å². The SMILES string of the molecule is N#Cc1c(NC(=O)CSc2nnnn2C2CCCCC2)sc2c1CCCCC2. The van der Waals surface area contributed by atoms with Crippen molar-refractivity contribution in [1.82, 2.24) is 20.2 Å². The van der Waals surface area contributed by atoms with Gasteiger partial charge in [-0.25, -0.2) is 4.68 Å². The molecule has 2 aromatic heterocycles. The second-order valence-corrected chi connectivity index (χ2v) is 9.46. The number of hydrogen-bond donors (Lipinski definition) is 1. The molecule has 148 valence electrons. The minimum Gasteiger partial charge on any atom is -0.316 e. The van der Waals surface area contributed by atoms with Gasteiger partial charge in [-0.3, -0.25) is 4.79 Å². The molecule has 1 N–H and O–H groups in total. The molecule has 0 unspecified atom stereocenters. The van der Waals surface area contributed by atoms with Gasteiger partial charge in [0.15, 0.2) is 0 Å². The molecule has 2 aliphatic carbocycles. The second-order valence-electron chi connectivity index (χ2n) is 7.42. The van der Waals surface area contributed by atoms with Crippen LogP contribution in [0.4, 0.5) is 5.00 Å². The normalized spacial score (nSPS) is 17.5. The van der Waals surface area contributed by atoms with Gasteiger partial charge in [-0.05, 0) is 54.5 Å². The molecule has 7 nitrogen and oxygen atoms in total. The molecule has 0 bridgehead atoms. The minimum atomic E-state index is -0.115. The molecular formula is C19H24N6OS2.